The minimum absolute atomic E-state index is 0.132. The summed E-state index contributed by atoms with van der Waals surface area (Å²) in [4.78, 5) is 11.9. The Bertz CT molecular complexity index is 335. The molecule has 1 aliphatic carbocycles. The second-order valence-electron chi connectivity index (χ2n) is 5.54. The van der Waals surface area contributed by atoms with Crippen molar-refractivity contribution in [3.05, 3.63) is 0 Å². The van der Waals surface area contributed by atoms with Crippen molar-refractivity contribution < 1.29 is 22.7 Å². The van der Waals surface area contributed by atoms with Gasteiger partial charge in [-0.2, -0.15) is 13.2 Å². The van der Waals surface area contributed by atoms with Crippen LogP contribution in [0.2, 0.25) is 0 Å². The fourth-order valence-corrected chi connectivity index (χ4v) is 2.87. The molecule has 0 radical (unpaired) electrons. The molecule has 116 valence electrons. The highest BCUT2D eigenvalue weighted by Gasteiger charge is 2.61. The van der Waals surface area contributed by atoms with Crippen LogP contribution in [0.25, 0.3) is 0 Å². The quantitative estimate of drug-likeness (QED) is 0.757. The molecule has 0 aromatic heterocycles. The molecule has 1 heterocycles. The lowest BCUT2D eigenvalue weighted by Gasteiger charge is -2.29. The van der Waals surface area contributed by atoms with Crippen LogP contribution in [-0.4, -0.2) is 44.4 Å². The Labute approximate surface area is 116 Å². The van der Waals surface area contributed by atoms with Crippen molar-refractivity contribution in [2.24, 2.45) is 5.41 Å². The standard InChI is InChI=1S/C13H21F3N2O2/c14-13(15,16)12(5-6-17-9-12)11(19)18-7-8-20-10-3-1-2-4-10/h10,17H,1-9H2,(H,18,19). The molecule has 20 heavy (non-hydrogen) atoms. The minimum atomic E-state index is -4.52. The molecule has 0 spiro atoms. The smallest absolute Gasteiger partial charge is 0.376 e. The number of carbonyl (C=O) groups excluding carboxylic acids is 1. The molecule has 1 amide bonds. The molecule has 0 bridgehead atoms. The number of ether oxygens (including phenoxy) is 1. The van der Waals surface area contributed by atoms with Crippen LogP contribution in [0.1, 0.15) is 32.1 Å². The first kappa shape index (κ1) is 15.6. The lowest BCUT2D eigenvalue weighted by molar-refractivity contribution is -0.216. The van der Waals surface area contributed by atoms with E-state index in [2.05, 4.69) is 10.6 Å². The van der Waals surface area contributed by atoms with Gasteiger partial charge in [-0.1, -0.05) is 12.8 Å². The average Bonchev–Trinajstić information content (AvgIpc) is 3.04. The molecule has 1 saturated heterocycles. The normalized spacial score (nSPS) is 27.9. The van der Waals surface area contributed by atoms with Crippen molar-refractivity contribution in [2.45, 2.75) is 44.4 Å². The number of hydrogen-bond acceptors (Lipinski definition) is 3. The Kier molecular flexibility index (Phi) is 4.90. The summed E-state index contributed by atoms with van der Waals surface area (Å²) in [6.07, 6.45) is -0.232. The molecule has 1 atom stereocenters. The van der Waals surface area contributed by atoms with Gasteiger partial charge >= 0.3 is 6.18 Å². The number of nitrogens with one attached hydrogen (secondary N) is 2. The summed E-state index contributed by atoms with van der Waals surface area (Å²) in [5, 5.41) is 5.00. The Hall–Kier alpha value is -0.820. The van der Waals surface area contributed by atoms with E-state index in [0.717, 1.165) is 25.7 Å². The van der Waals surface area contributed by atoms with Gasteiger partial charge in [-0.3, -0.25) is 4.79 Å². The van der Waals surface area contributed by atoms with Gasteiger partial charge in [-0.15, -0.1) is 0 Å². The van der Waals surface area contributed by atoms with Crippen LogP contribution < -0.4 is 10.6 Å². The van der Waals surface area contributed by atoms with Gasteiger partial charge in [0, 0.05) is 13.1 Å². The number of carbonyl (C=O) groups is 1. The van der Waals surface area contributed by atoms with E-state index in [0.29, 0.717) is 0 Å². The lowest BCUT2D eigenvalue weighted by Crippen LogP contribution is -2.52. The molecule has 2 fully saturated rings. The zero-order chi connectivity index (χ0) is 14.6. The highest BCUT2D eigenvalue weighted by Crippen LogP contribution is 2.43. The van der Waals surface area contributed by atoms with Crippen LogP contribution in [0.4, 0.5) is 13.2 Å². The van der Waals surface area contributed by atoms with E-state index in [9.17, 15) is 18.0 Å². The van der Waals surface area contributed by atoms with Gasteiger partial charge in [0.2, 0.25) is 5.91 Å². The van der Waals surface area contributed by atoms with E-state index in [4.69, 9.17) is 4.74 Å². The number of rotatable bonds is 5. The highest BCUT2D eigenvalue weighted by atomic mass is 19.4. The second-order valence-corrected chi connectivity index (χ2v) is 5.54. The summed E-state index contributed by atoms with van der Waals surface area (Å²) in [5.74, 6) is -0.940. The Morgan fingerprint density at radius 2 is 2.05 bits per heavy atom. The van der Waals surface area contributed by atoms with E-state index in [1.165, 1.54) is 0 Å². The third-order valence-corrected chi connectivity index (χ3v) is 4.18. The third kappa shape index (κ3) is 3.25. The molecule has 0 aromatic rings. The molecular formula is C13H21F3N2O2. The fraction of sp³-hybridized carbons (Fsp3) is 0.923. The van der Waals surface area contributed by atoms with Gasteiger partial charge in [0.15, 0.2) is 5.41 Å². The van der Waals surface area contributed by atoms with Crippen LogP contribution in [-0.2, 0) is 9.53 Å². The third-order valence-electron chi connectivity index (χ3n) is 4.18. The highest BCUT2D eigenvalue weighted by molar-refractivity contribution is 5.84. The maximum atomic E-state index is 13.1. The maximum absolute atomic E-state index is 13.1. The first-order chi connectivity index (χ1) is 9.46. The van der Waals surface area contributed by atoms with Crippen LogP contribution in [0, 0.1) is 5.41 Å². The molecular weight excluding hydrogens is 273 g/mol. The van der Waals surface area contributed by atoms with E-state index in [1.807, 2.05) is 0 Å². The van der Waals surface area contributed by atoms with Crippen molar-refractivity contribution in [3.8, 4) is 0 Å². The minimum Gasteiger partial charge on any atom is -0.376 e. The predicted molar refractivity (Wildman–Crippen MR) is 67.2 cm³/mol. The SMILES string of the molecule is O=C(NCCOC1CCCC1)C1(C(F)(F)F)CCNC1. The van der Waals surface area contributed by atoms with Crippen LogP contribution in [0.15, 0.2) is 0 Å². The van der Waals surface area contributed by atoms with E-state index in [-0.39, 0.29) is 38.8 Å². The Morgan fingerprint density at radius 3 is 2.60 bits per heavy atom. The van der Waals surface area contributed by atoms with Crippen molar-refractivity contribution in [2.75, 3.05) is 26.2 Å². The van der Waals surface area contributed by atoms with Gasteiger partial charge in [0.1, 0.15) is 0 Å². The Balaban J connectivity index is 1.77. The topological polar surface area (TPSA) is 50.4 Å². The van der Waals surface area contributed by atoms with Crippen LogP contribution in [0.3, 0.4) is 0 Å². The first-order valence-corrected chi connectivity index (χ1v) is 7.13. The summed E-state index contributed by atoms with van der Waals surface area (Å²) < 4.78 is 44.8. The number of alkyl halides is 3. The Morgan fingerprint density at radius 1 is 1.35 bits per heavy atom. The number of halogens is 3. The van der Waals surface area contributed by atoms with Crippen molar-refractivity contribution >= 4 is 5.91 Å². The zero-order valence-corrected chi connectivity index (χ0v) is 11.4. The van der Waals surface area contributed by atoms with Gasteiger partial charge in [0.05, 0.1) is 12.7 Å². The monoisotopic (exact) mass is 294 g/mol. The molecule has 2 rings (SSSR count). The van der Waals surface area contributed by atoms with Crippen LogP contribution in [0.5, 0.6) is 0 Å². The first-order valence-electron chi connectivity index (χ1n) is 7.13. The summed E-state index contributed by atoms with van der Waals surface area (Å²) in [6.45, 7) is 0.280. The van der Waals surface area contributed by atoms with Gasteiger partial charge in [0.25, 0.3) is 0 Å². The van der Waals surface area contributed by atoms with E-state index < -0.39 is 17.5 Å². The molecule has 1 aliphatic heterocycles. The summed E-state index contributed by atoms with van der Waals surface area (Å²) in [5.41, 5.74) is -2.28. The summed E-state index contributed by atoms with van der Waals surface area (Å²) >= 11 is 0. The molecule has 1 saturated carbocycles. The fourth-order valence-electron chi connectivity index (χ4n) is 2.87. The summed E-state index contributed by atoms with van der Waals surface area (Å²) in [6, 6.07) is 0. The van der Waals surface area contributed by atoms with E-state index >= 15 is 0 Å². The maximum Gasteiger partial charge on any atom is 0.404 e. The molecule has 2 N–H and O–H groups in total. The summed E-state index contributed by atoms with van der Waals surface area (Å²) in [7, 11) is 0. The van der Waals surface area contributed by atoms with Crippen molar-refractivity contribution in [1.82, 2.24) is 10.6 Å². The largest absolute Gasteiger partial charge is 0.404 e. The molecule has 1 unspecified atom stereocenters. The van der Waals surface area contributed by atoms with Crippen molar-refractivity contribution in [1.29, 1.82) is 0 Å². The molecule has 4 nitrogen and oxygen atoms in total. The van der Waals surface area contributed by atoms with E-state index in [1.54, 1.807) is 0 Å². The molecule has 2 aliphatic rings. The lowest BCUT2D eigenvalue weighted by atomic mass is 9.85. The average molecular weight is 294 g/mol. The second kappa shape index (κ2) is 6.30. The van der Waals surface area contributed by atoms with Gasteiger partial charge in [-0.05, 0) is 25.8 Å². The van der Waals surface area contributed by atoms with Crippen LogP contribution >= 0.6 is 0 Å². The number of amides is 1. The molecule has 0 aromatic carbocycles. The zero-order valence-electron chi connectivity index (χ0n) is 11.4. The van der Waals surface area contributed by atoms with Gasteiger partial charge < -0.3 is 15.4 Å². The van der Waals surface area contributed by atoms with Gasteiger partial charge in [-0.25, -0.2) is 0 Å². The predicted octanol–water partition coefficient (Wildman–Crippen LogP) is 1.60. The molecule has 7 heteroatoms. The number of hydrogen-bond donors (Lipinski definition) is 2. The van der Waals surface area contributed by atoms with Crippen molar-refractivity contribution in [3.63, 3.8) is 0 Å².